The van der Waals surface area contributed by atoms with E-state index < -0.39 is 74.2 Å². The zero-order valence-corrected chi connectivity index (χ0v) is 29.7. The maximum Gasteiger partial charge on any atom is 0.416 e. The van der Waals surface area contributed by atoms with Gasteiger partial charge in [-0.25, -0.2) is 17.2 Å². The molecule has 8 nitrogen and oxygen atoms in total. The molecule has 0 aromatic heterocycles. The quantitative estimate of drug-likeness (QED) is 0.114. The second kappa shape index (κ2) is 19.1. The predicted octanol–water partition coefficient (Wildman–Crippen LogP) is 5.91. The molecule has 0 spiro atoms. The molecule has 0 saturated carbocycles. The summed E-state index contributed by atoms with van der Waals surface area (Å²) in [5.74, 6) is -4.61. The molecule has 0 aliphatic rings. The van der Waals surface area contributed by atoms with Gasteiger partial charge in [0.25, 0.3) is 5.91 Å². The van der Waals surface area contributed by atoms with Crippen molar-refractivity contribution in [2.24, 2.45) is 0 Å². The molecule has 4 N–H and O–H groups in total. The maximum absolute atomic E-state index is 14.1. The van der Waals surface area contributed by atoms with E-state index in [-0.39, 0.29) is 24.1 Å². The minimum absolute atomic E-state index is 0.0882. The van der Waals surface area contributed by atoms with E-state index in [1.165, 1.54) is 0 Å². The first-order valence-corrected chi connectivity index (χ1v) is 18.7. The first-order valence-electron chi connectivity index (χ1n) is 17.0. The molecule has 14 heteroatoms. The van der Waals surface area contributed by atoms with Crippen LogP contribution in [0.4, 0.5) is 22.0 Å². The Morgan fingerprint density at radius 1 is 0.824 bits per heavy atom. The predicted molar refractivity (Wildman–Crippen MR) is 186 cm³/mol. The van der Waals surface area contributed by atoms with E-state index in [0.29, 0.717) is 50.4 Å². The molecule has 3 aromatic carbocycles. The molecule has 3 aromatic rings. The lowest BCUT2D eigenvalue weighted by Gasteiger charge is -2.28. The summed E-state index contributed by atoms with van der Waals surface area (Å²) in [4.78, 5) is 27.1. The lowest BCUT2D eigenvalue weighted by Crippen LogP contribution is -2.57. The monoisotopic (exact) mass is 739 g/mol. The van der Waals surface area contributed by atoms with Gasteiger partial charge in [0.05, 0.1) is 28.7 Å². The number of aliphatic hydroxyl groups is 1. The van der Waals surface area contributed by atoms with Crippen LogP contribution in [-0.4, -0.2) is 61.1 Å². The third-order valence-electron chi connectivity index (χ3n) is 8.48. The van der Waals surface area contributed by atoms with E-state index in [2.05, 4.69) is 16.0 Å². The highest BCUT2D eigenvalue weighted by Gasteiger charge is 2.35. The van der Waals surface area contributed by atoms with Crippen molar-refractivity contribution < 1.29 is 45.1 Å². The van der Waals surface area contributed by atoms with E-state index in [1.807, 2.05) is 45.0 Å². The van der Waals surface area contributed by atoms with Crippen molar-refractivity contribution in [1.29, 1.82) is 0 Å². The molecular formula is C37H46F5N3O5S. The lowest BCUT2D eigenvalue weighted by atomic mass is 10.00. The van der Waals surface area contributed by atoms with Gasteiger partial charge in [-0.05, 0) is 78.8 Å². The average molecular weight is 740 g/mol. The highest BCUT2D eigenvalue weighted by Crippen LogP contribution is 2.29. The Bertz CT molecular complexity index is 1680. The van der Waals surface area contributed by atoms with Crippen LogP contribution < -0.4 is 16.0 Å². The number of halogens is 5. The van der Waals surface area contributed by atoms with Crippen LogP contribution in [0, 0.1) is 11.6 Å². The van der Waals surface area contributed by atoms with Crippen LogP contribution in [0.1, 0.15) is 79.1 Å². The summed E-state index contributed by atoms with van der Waals surface area (Å²) < 4.78 is 94.8. The van der Waals surface area contributed by atoms with Crippen molar-refractivity contribution in [3.8, 4) is 0 Å². The number of sulfone groups is 1. The van der Waals surface area contributed by atoms with E-state index in [0.717, 1.165) is 41.8 Å². The second-order valence-corrected chi connectivity index (χ2v) is 14.9. The maximum atomic E-state index is 14.1. The van der Waals surface area contributed by atoms with Crippen LogP contribution in [0.15, 0.2) is 66.7 Å². The molecule has 0 heterocycles. The van der Waals surface area contributed by atoms with Gasteiger partial charge in [0, 0.05) is 24.7 Å². The summed E-state index contributed by atoms with van der Waals surface area (Å²) >= 11 is 0. The Kier molecular flexibility index (Phi) is 15.6. The Hall–Kier alpha value is -3.88. The normalized spacial score (nSPS) is 13.8. The number of rotatable bonds is 19. The average Bonchev–Trinajstić information content (AvgIpc) is 3.06. The van der Waals surface area contributed by atoms with Gasteiger partial charge in [0.2, 0.25) is 5.91 Å². The molecule has 0 saturated heterocycles. The number of alkyl halides is 3. The van der Waals surface area contributed by atoms with Crippen LogP contribution in [0.5, 0.6) is 0 Å². The Morgan fingerprint density at radius 2 is 1.43 bits per heavy atom. The molecule has 0 fully saturated rings. The van der Waals surface area contributed by atoms with Gasteiger partial charge in [-0.1, -0.05) is 57.9 Å². The van der Waals surface area contributed by atoms with Gasteiger partial charge < -0.3 is 21.1 Å². The summed E-state index contributed by atoms with van der Waals surface area (Å²) in [7, 11) is -4.02. The molecule has 0 unspecified atom stereocenters. The number of carbonyl (C=O) groups is 2. The van der Waals surface area contributed by atoms with Crippen molar-refractivity contribution in [3.63, 3.8) is 0 Å². The number of carbonyl (C=O) groups excluding carboxylic acids is 2. The summed E-state index contributed by atoms with van der Waals surface area (Å²) in [6.07, 6.45) is -3.79. The summed E-state index contributed by atoms with van der Waals surface area (Å²) in [5, 5.41) is 18.5. The number of hydrogen-bond acceptors (Lipinski definition) is 6. The smallest absolute Gasteiger partial charge is 0.390 e. The molecule has 280 valence electrons. The number of nitrogens with one attached hydrogen (secondary N) is 3. The SMILES string of the molecule is CCCC(CCC)S(=O)(=O)C[C@H](NC(=O)c1ccc(C(F)(F)F)cc1)C(=O)N[C@@H](Cc1cc(F)cc(F)c1)[C@H](O)CNCc1cccc(CC)c1. The molecule has 0 aliphatic carbocycles. The van der Waals surface area contributed by atoms with Gasteiger partial charge >= 0.3 is 6.18 Å². The van der Waals surface area contributed by atoms with Crippen molar-refractivity contribution in [2.75, 3.05) is 12.3 Å². The summed E-state index contributed by atoms with van der Waals surface area (Å²) in [5.41, 5.74) is 0.874. The Morgan fingerprint density at radius 3 is 2.00 bits per heavy atom. The molecule has 2 amide bonds. The highest BCUT2D eigenvalue weighted by atomic mass is 32.2. The van der Waals surface area contributed by atoms with Crippen molar-refractivity contribution in [1.82, 2.24) is 16.0 Å². The topological polar surface area (TPSA) is 125 Å². The van der Waals surface area contributed by atoms with E-state index >= 15 is 0 Å². The summed E-state index contributed by atoms with van der Waals surface area (Å²) in [6, 6.07) is 10.7. The minimum Gasteiger partial charge on any atom is -0.390 e. The fraction of sp³-hybridized carbons (Fsp3) is 0.459. The van der Waals surface area contributed by atoms with Crippen molar-refractivity contribution in [3.05, 3.63) is 106 Å². The molecular weight excluding hydrogens is 693 g/mol. The van der Waals surface area contributed by atoms with Crippen LogP contribution >= 0.6 is 0 Å². The number of aryl methyl sites for hydroxylation is 1. The van der Waals surface area contributed by atoms with Crippen LogP contribution in [-0.2, 0) is 40.2 Å². The van der Waals surface area contributed by atoms with Crippen molar-refractivity contribution in [2.45, 2.75) is 95.5 Å². The fourth-order valence-corrected chi connectivity index (χ4v) is 7.93. The second-order valence-electron chi connectivity index (χ2n) is 12.6. The number of hydrogen-bond donors (Lipinski definition) is 4. The molecule has 3 rings (SSSR count). The standard InChI is InChI=1S/C37H46F5N3O5S/c1-4-8-31(9-5-2)51(49,50)23-33(45-35(47)27-12-14-28(15-13-27)37(40,41)42)36(48)44-32(19-26-17-29(38)20-30(39)18-26)34(46)22-43-21-25-11-7-10-24(6-3)16-25/h7,10-18,20,31-34,43,46H,4-6,8-9,19,21-23H2,1-3H3,(H,44,48)(H,45,47)/t32-,33-,34+/m0/s1. The van der Waals surface area contributed by atoms with Crippen molar-refractivity contribution >= 4 is 21.7 Å². The third kappa shape index (κ3) is 13.0. The first kappa shape index (κ1) is 41.5. The number of benzene rings is 3. The van der Waals surface area contributed by atoms with E-state index in [9.17, 15) is 45.1 Å². The van der Waals surface area contributed by atoms with Gasteiger partial charge in [0.15, 0.2) is 9.84 Å². The van der Waals surface area contributed by atoms with Crippen LogP contribution in [0.2, 0.25) is 0 Å². The van der Waals surface area contributed by atoms with Gasteiger partial charge in [0.1, 0.15) is 17.7 Å². The Labute approximate surface area is 296 Å². The van der Waals surface area contributed by atoms with Crippen LogP contribution in [0.3, 0.4) is 0 Å². The van der Waals surface area contributed by atoms with E-state index in [4.69, 9.17) is 0 Å². The highest BCUT2D eigenvalue weighted by molar-refractivity contribution is 7.92. The molecule has 0 bridgehead atoms. The van der Waals surface area contributed by atoms with Gasteiger partial charge in [-0.2, -0.15) is 13.2 Å². The molecule has 3 atom stereocenters. The minimum atomic E-state index is -4.66. The van der Waals surface area contributed by atoms with Gasteiger partial charge in [-0.15, -0.1) is 0 Å². The van der Waals surface area contributed by atoms with E-state index in [1.54, 1.807) is 0 Å². The zero-order chi connectivity index (χ0) is 37.8. The summed E-state index contributed by atoms with van der Waals surface area (Å²) in [6.45, 7) is 5.89. The Balaban J connectivity index is 1.91. The lowest BCUT2D eigenvalue weighted by molar-refractivity contribution is -0.137. The largest absolute Gasteiger partial charge is 0.416 e. The molecule has 51 heavy (non-hydrogen) atoms. The number of amides is 2. The first-order chi connectivity index (χ1) is 24.1. The molecule has 0 aliphatic heterocycles. The fourth-order valence-electron chi connectivity index (χ4n) is 5.77. The zero-order valence-electron chi connectivity index (χ0n) is 28.9. The van der Waals surface area contributed by atoms with Crippen LogP contribution in [0.25, 0.3) is 0 Å². The number of aliphatic hydroxyl groups excluding tert-OH is 1. The third-order valence-corrected chi connectivity index (χ3v) is 10.8. The molecule has 0 radical (unpaired) electrons. The van der Waals surface area contributed by atoms with Gasteiger partial charge in [-0.3, -0.25) is 9.59 Å².